The highest BCUT2D eigenvalue weighted by Gasteiger charge is 2.12. The van der Waals surface area contributed by atoms with Gasteiger partial charge in [-0.05, 0) is 0 Å². The van der Waals surface area contributed by atoms with Crippen LogP contribution in [0.15, 0.2) is 11.4 Å². The second-order valence-corrected chi connectivity index (χ2v) is 4.02. The standard InChI is InChI=1S/C8H11ClN2O3S/c1-14-6-7(9)10-4-11-8(6)15-3-5(13)2-12/h4-5,12-13H,2-3H2,1H3. The SMILES string of the molecule is COc1c(Cl)ncnc1SCC(O)CO. The van der Waals surface area contributed by atoms with Crippen molar-refractivity contribution in [1.29, 1.82) is 0 Å². The first-order valence-electron chi connectivity index (χ1n) is 4.15. The van der Waals surface area contributed by atoms with E-state index in [1.54, 1.807) is 0 Å². The van der Waals surface area contributed by atoms with Gasteiger partial charge in [-0.2, -0.15) is 0 Å². The highest BCUT2D eigenvalue weighted by molar-refractivity contribution is 7.99. The first kappa shape index (κ1) is 12.5. The molecule has 1 rings (SSSR count). The molecule has 1 aromatic rings. The van der Waals surface area contributed by atoms with Crippen LogP contribution in [-0.2, 0) is 0 Å². The predicted octanol–water partition coefficient (Wildman–Crippen LogP) is 0.584. The Morgan fingerprint density at radius 2 is 2.33 bits per heavy atom. The van der Waals surface area contributed by atoms with Gasteiger partial charge in [0.2, 0.25) is 0 Å². The van der Waals surface area contributed by atoms with Crippen LogP contribution in [0.1, 0.15) is 0 Å². The molecule has 84 valence electrons. The van der Waals surface area contributed by atoms with Gasteiger partial charge in [-0.3, -0.25) is 0 Å². The van der Waals surface area contributed by atoms with E-state index in [2.05, 4.69) is 9.97 Å². The van der Waals surface area contributed by atoms with Crippen molar-refractivity contribution < 1.29 is 14.9 Å². The highest BCUT2D eigenvalue weighted by Crippen LogP contribution is 2.31. The summed E-state index contributed by atoms with van der Waals surface area (Å²) in [5.74, 6) is 0.703. The molecule has 0 bridgehead atoms. The first-order valence-corrected chi connectivity index (χ1v) is 5.51. The Balaban J connectivity index is 2.72. The number of aliphatic hydroxyl groups excluding tert-OH is 2. The maximum Gasteiger partial charge on any atom is 0.188 e. The molecule has 0 aliphatic rings. The number of nitrogens with zero attached hydrogens (tertiary/aromatic N) is 2. The molecule has 1 aromatic heterocycles. The molecule has 0 amide bonds. The minimum Gasteiger partial charge on any atom is -0.491 e. The van der Waals surface area contributed by atoms with Gasteiger partial charge in [0, 0.05) is 5.75 Å². The van der Waals surface area contributed by atoms with Crippen LogP contribution in [0, 0.1) is 0 Å². The van der Waals surface area contributed by atoms with E-state index in [0.717, 1.165) is 0 Å². The fourth-order valence-electron chi connectivity index (χ4n) is 0.840. The summed E-state index contributed by atoms with van der Waals surface area (Å²) in [6.07, 6.45) is 0.534. The Kier molecular flexibility index (Phi) is 5.10. The summed E-state index contributed by atoms with van der Waals surface area (Å²) >= 11 is 7.03. The van der Waals surface area contributed by atoms with E-state index in [9.17, 15) is 0 Å². The molecule has 0 aliphatic carbocycles. The van der Waals surface area contributed by atoms with Gasteiger partial charge in [-0.15, -0.1) is 0 Å². The number of rotatable bonds is 5. The maximum atomic E-state index is 9.16. The van der Waals surface area contributed by atoms with Crippen LogP contribution in [-0.4, -0.2) is 45.8 Å². The molecule has 0 saturated carbocycles. The zero-order valence-electron chi connectivity index (χ0n) is 8.05. The summed E-state index contributed by atoms with van der Waals surface area (Å²) in [4.78, 5) is 7.73. The molecule has 1 heterocycles. The molecule has 0 fully saturated rings. The van der Waals surface area contributed by atoms with Gasteiger partial charge in [0.15, 0.2) is 10.9 Å². The summed E-state index contributed by atoms with van der Waals surface area (Å²) in [6, 6.07) is 0. The topological polar surface area (TPSA) is 75.5 Å². The number of methoxy groups -OCH3 is 1. The van der Waals surface area contributed by atoms with E-state index in [0.29, 0.717) is 16.5 Å². The number of hydrogen-bond acceptors (Lipinski definition) is 6. The fraction of sp³-hybridized carbons (Fsp3) is 0.500. The molecule has 0 spiro atoms. The van der Waals surface area contributed by atoms with Gasteiger partial charge in [0.1, 0.15) is 11.4 Å². The molecule has 15 heavy (non-hydrogen) atoms. The molecule has 2 N–H and O–H groups in total. The van der Waals surface area contributed by atoms with Crippen molar-refractivity contribution in [1.82, 2.24) is 9.97 Å². The van der Waals surface area contributed by atoms with Crippen LogP contribution in [0.2, 0.25) is 5.15 Å². The van der Waals surface area contributed by atoms with E-state index in [1.165, 1.54) is 25.2 Å². The third-order valence-corrected chi connectivity index (χ3v) is 2.94. The van der Waals surface area contributed by atoms with Crippen LogP contribution in [0.25, 0.3) is 0 Å². The highest BCUT2D eigenvalue weighted by atomic mass is 35.5. The van der Waals surface area contributed by atoms with Gasteiger partial charge in [0.25, 0.3) is 0 Å². The van der Waals surface area contributed by atoms with E-state index in [1.807, 2.05) is 0 Å². The van der Waals surface area contributed by atoms with Gasteiger partial charge in [0.05, 0.1) is 19.8 Å². The zero-order chi connectivity index (χ0) is 11.3. The van der Waals surface area contributed by atoms with Crippen molar-refractivity contribution in [2.24, 2.45) is 0 Å². The molecule has 1 unspecified atom stereocenters. The number of thioether (sulfide) groups is 1. The minimum absolute atomic E-state index is 0.230. The van der Waals surface area contributed by atoms with Crippen molar-refractivity contribution in [2.75, 3.05) is 19.5 Å². The molecule has 0 aliphatic heterocycles. The number of ether oxygens (including phenoxy) is 1. The molecule has 5 nitrogen and oxygen atoms in total. The molecular formula is C8H11ClN2O3S. The van der Waals surface area contributed by atoms with Crippen LogP contribution < -0.4 is 4.74 Å². The average molecular weight is 251 g/mol. The minimum atomic E-state index is -0.784. The Labute approximate surface area is 96.5 Å². The normalized spacial score (nSPS) is 12.5. The lowest BCUT2D eigenvalue weighted by Gasteiger charge is -2.09. The lowest BCUT2D eigenvalue weighted by molar-refractivity contribution is 0.113. The number of aliphatic hydroxyl groups is 2. The molecular weight excluding hydrogens is 240 g/mol. The number of aromatic nitrogens is 2. The molecule has 7 heteroatoms. The monoisotopic (exact) mass is 250 g/mol. The number of hydrogen-bond donors (Lipinski definition) is 2. The van der Waals surface area contributed by atoms with E-state index in [-0.39, 0.29) is 11.8 Å². The quantitative estimate of drug-likeness (QED) is 0.588. The molecule has 0 radical (unpaired) electrons. The van der Waals surface area contributed by atoms with Crippen molar-refractivity contribution in [3.05, 3.63) is 11.5 Å². The fourth-order valence-corrected chi connectivity index (χ4v) is 1.99. The molecule has 0 saturated heterocycles. The first-order chi connectivity index (χ1) is 7.19. The summed E-state index contributed by atoms with van der Waals surface area (Å²) < 4.78 is 5.02. The largest absolute Gasteiger partial charge is 0.491 e. The van der Waals surface area contributed by atoms with Crippen molar-refractivity contribution in [3.63, 3.8) is 0 Å². The van der Waals surface area contributed by atoms with Gasteiger partial charge in [-0.25, -0.2) is 9.97 Å². The average Bonchev–Trinajstić information content (AvgIpc) is 2.25. The van der Waals surface area contributed by atoms with E-state index < -0.39 is 6.10 Å². The summed E-state index contributed by atoms with van der Waals surface area (Å²) in [5.41, 5.74) is 0. The number of halogens is 1. The Hall–Kier alpha value is -0.560. The van der Waals surface area contributed by atoms with Crippen molar-refractivity contribution >= 4 is 23.4 Å². The van der Waals surface area contributed by atoms with Gasteiger partial charge < -0.3 is 14.9 Å². The van der Waals surface area contributed by atoms with Crippen molar-refractivity contribution in [2.45, 2.75) is 11.1 Å². The van der Waals surface area contributed by atoms with Gasteiger partial charge in [-0.1, -0.05) is 23.4 Å². The maximum absolute atomic E-state index is 9.16. The lowest BCUT2D eigenvalue weighted by atomic mass is 10.4. The smallest absolute Gasteiger partial charge is 0.188 e. The van der Waals surface area contributed by atoms with Crippen molar-refractivity contribution in [3.8, 4) is 5.75 Å². The molecule has 0 aromatic carbocycles. The van der Waals surface area contributed by atoms with Crippen LogP contribution >= 0.6 is 23.4 Å². The summed E-state index contributed by atoms with van der Waals surface area (Å²) in [7, 11) is 1.47. The Morgan fingerprint density at radius 3 is 2.93 bits per heavy atom. The third-order valence-electron chi connectivity index (χ3n) is 1.55. The zero-order valence-corrected chi connectivity index (χ0v) is 9.62. The van der Waals surface area contributed by atoms with Gasteiger partial charge >= 0.3 is 0 Å². The summed E-state index contributed by atoms with van der Waals surface area (Å²) in [6.45, 7) is -0.284. The second kappa shape index (κ2) is 6.12. The predicted molar refractivity (Wildman–Crippen MR) is 57.4 cm³/mol. The van der Waals surface area contributed by atoms with Crippen LogP contribution in [0.4, 0.5) is 0 Å². The van der Waals surface area contributed by atoms with E-state index in [4.69, 9.17) is 26.6 Å². The third kappa shape index (κ3) is 3.49. The summed E-state index contributed by atoms with van der Waals surface area (Å²) in [5, 5.41) is 18.6. The van der Waals surface area contributed by atoms with Crippen LogP contribution in [0.5, 0.6) is 5.75 Å². The Morgan fingerprint density at radius 1 is 1.60 bits per heavy atom. The molecule has 1 atom stereocenters. The Bertz CT molecular complexity index is 327. The van der Waals surface area contributed by atoms with E-state index >= 15 is 0 Å². The second-order valence-electron chi connectivity index (χ2n) is 2.65. The van der Waals surface area contributed by atoms with Crippen LogP contribution in [0.3, 0.4) is 0 Å². The lowest BCUT2D eigenvalue weighted by Crippen LogP contribution is -2.14.